The third-order valence-corrected chi connectivity index (χ3v) is 3.33. The summed E-state index contributed by atoms with van der Waals surface area (Å²) in [4.78, 5) is 3.97. The number of nitrogens with zero attached hydrogens (tertiary/aromatic N) is 4. The van der Waals surface area contributed by atoms with Crippen LogP contribution in [-0.4, -0.2) is 21.1 Å². The number of hydrogen-bond acceptors (Lipinski definition) is 4. The van der Waals surface area contributed by atoms with E-state index in [-0.39, 0.29) is 10.7 Å². The van der Waals surface area contributed by atoms with Crippen LogP contribution in [0.5, 0.6) is 5.75 Å². The molecule has 3 aromatic rings. The summed E-state index contributed by atoms with van der Waals surface area (Å²) in [6, 6.07) is 10.4. The Hall–Kier alpha value is -3.05. The number of rotatable bonds is 3. The molecule has 0 aliphatic carbocycles. The van der Waals surface area contributed by atoms with E-state index >= 15 is 0 Å². The Morgan fingerprint density at radius 2 is 2.00 bits per heavy atom. The van der Waals surface area contributed by atoms with Crippen molar-refractivity contribution in [2.24, 2.45) is 0 Å². The summed E-state index contributed by atoms with van der Waals surface area (Å²) in [6.07, 6.45) is -1.77. The molecule has 25 heavy (non-hydrogen) atoms. The molecular weight excluding hydrogens is 357 g/mol. The first-order valence-electron chi connectivity index (χ1n) is 6.83. The fraction of sp³-hybridized carbons (Fsp3) is 0.0625. The van der Waals surface area contributed by atoms with Crippen LogP contribution in [0.15, 0.2) is 48.8 Å². The first-order valence-corrected chi connectivity index (χ1v) is 7.21. The number of benzene rings is 1. The first kappa shape index (κ1) is 16.8. The maximum atomic E-state index is 12.5. The highest BCUT2D eigenvalue weighted by atomic mass is 35.5. The summed E-state index contributed by atoms with van der Waals surface area (Å²) >= 11 is 5.91. The Balaban J connectivity index is 2.14. The zero-order chi connectivity index (χ0) is 18.0. The molecule has 0 spiro atoms. The maximum Gasteiger partial charge on any atom is 0.573 e. The smallest absolute Gasteiger partial charge is 0.406 e. The molecule has 0 unspecified atom stereocenters. The third kappa shape index (κ3) is 3.89. The number of aromatic nitrogens is 3. The van der Waals surface area contributed by atoms with Crippen molar-refractivity contribution in [3.8, 4) is 28.8 Å². The number of hydrogen-bond donors (Lipinski definition) is 0. The van der Waals surface area contributed by atoms with Gasteiger partial charge in [0.1, 0.15) is 11.8 Å². The van der Waals surface area contributed by atoms with E-state index in [4.69, 9.17) is 16.9 Å². The SMILES string of the molecule is N#Cc1cc(-c2cc(Cl)cc(OC(F)(F)F)c2)n(-c2cccnc2)n1. The maximum absolute atomic E-state index is 12.5. The summed E-state index contributed by atoms with van der Waals surface area (Å²) in [5.41, 5.74) is 1.32. The minimum atomic E-state index is -4.84. The van der Waals surface area contributed by atoms with E-state index in [2.05, 4.69) is 14.8 Å². The average molecular weight is 365 g/mol. The zero-order valence-electron chi connectivity index (χ0n) is 12.3. The Kier molecular flexibility index (Phi) is 4.33. The Bertz CT molecular complexity index is 948. The Morgan fingerprint density at radius 3 is 2.64 bits per heavy atom. The van der Waals surface area contributed by atoms with Gasteiger partial charge in [-0.2, -0.15) is 10.4 Å². The third-order valence-electron chi connectivity index (χ3n) is 3.12. The van der Waals surface area contributed by atoms with Gasteiger partial charge in [0.05, 0.1) is 17.6 Å². The molecule has 0 amide bonds. The molecule has 126 valence electrons. The first-order chi connectivity index (χ1) is 11.9. The van der Waals surface area contributed by atoms with E-state index < -0.39 is 12.1 Å². The van der Waals surface area contributed by atoms with Gasteiger partial charge in [0.25, 0.3) is 0 Å². The highest BCUT2D eigenvalue weighted by Gasteiger charge is 2.31. The van der Waals surface area contributed by atoms with Crippen LogP contribution in [-0.2, 0) is 0 Å². The lowest BCUT2D eigenvalue weighted by Crippen LogP contribution is -2.17. The molecule has 5 nitrogen and oxygen atoms in total. The highest BCUT2D eigenvalue weighted by Crippen LogP contribution is 2.32. The lowest BCUT2D eigenvalue weighted by Gasteiger charge is -2.12. The molecule has 1 aromatic carbocycles. The molecule has 9 heteroatoms. The van der Waals surface area contributed by atoms with E-state index in [1.54, 1.807) is 18.3 Å². The summed E-state index contributed by atoms with van der Waals surface area (Å²) < 4.78 is 42.8. The number of halogens is 4. The summed E-state index contributed by atoms with van der Waals surface area (Å²) in [6.45, 7) is 0. The second-order valence-corrected chi connectivity index (χ2v) is 5.31. The van der Waals surface area contributed by atoms with Gasteiger partial charge < -0.3 is 4.74 Å². The largest absolute Gasteiger partial charge is 0.573 e. The molecule has 0 saturated heterocycles. The monoisotopic (exact) mass is 364 g/mol. The number of alkyl halides is 3. The van der Waals surface area contributed by atoms with Crippen molar-refractivity contribution in [2.75, 3.05) is 0 Å². The minimum Gasteiger partial charge on any atom is -0.406 e. The highest BCUT2D eigenvalue weighted by molar-refractivity contribution is 6.31. The molecule has 0 bridgehead atoms. The number of pyridine rings is 1. The minimum absolute atomic E-state index is 0.0502. The summed E-state index contributed by atoms with van der Waals surface area (Å²) in [5, 5.41) is 13.3. The zero-order valence-corrected chi connectivity index (χ0v) is 13.1. The van der Waals surface area contributed by atoms with Crippen molar-refractivity contribution >= 4 is 11.6 Å². The predicted molar refractivity (Wildman–Crippen MR) is 83.2 cm³/mol. The van der Waals surface area contributed by atoms with Gasteiger partial charge >= 0.3 is 6.36 Å². The molecule has 0 atom stereocenters. The lowest BCUT2D eigenvalue weighted by molar-refractivity contribution is -0.274. The van der Waals surface area contributed by atoms with Crippen LogP contribution in [0.1, 0.15) is 5.69 Å². The predicted octanol–water partition coefficient (Wildman–Crippen LogP) is 4.36. The molecule has 0 radical (unpaired) electrons. The van der Waals surface area contributed by atoms with Crippen molar-refractivity contribution in [3.63, 3.8) is 0 Å². The molecule has 0 N–H and O–H groups in total. The van der Waals surface area contributed by atoms with Gasteiger partial charge in [-0.3, -0.25) is 4.98 Å². The fourth-order valence-electron chi connectivity index (χ4n) is 2.22. The number of ether oxygens (including phenoxy) is 1. The van der Waals surface area contributed by atoms with Crippen molar-refractivity contribution in [2.45, 2.75) is 6.36 Å². The van der Waals surface area contributed by atoms with Crippen LogP contribution in [0.2, 0.25) is 5.02 Å². The van der Waals surface area contributed by atoms with Gasteiger partial charge in [-0.15, -0.1) is 13.2 Å². The molecule has 2 aromatic heterocycles. The van der Waals surface area contributed by atoms with Crippen LogP contribution >= 0.6 is 11.6 Å². The van der Waals surface area contributed by atoms with E-state index in [9.17, 15) is 13.2 Å². The van der Waals surface area contributed by atoms with Crippen molar-refractivity contribution < 1.29 is 17.9 Å². The second-order valence-electron chi connectivity index (χ2n) is 4.87. The van der Waals surface area contributed by atoms with Crippen molar-refractivity contribution in [1.82, 2.24) is 14.8 Å². The van der Waals surface area contributed by atoms with Gasteiger partial charge in [0.2, 0.25) is 0 Å². The molecule has 3 rings (SSSR count). The summed E-state index contributed by atoms with van der Waals surface area (Å²) in [5.74, 6) is -0.465. The van der Waals surface area contributed by atoms with Crippen LogP contribution in [0.25, 0.3) is 16.9 Å². The van der Waals surface area contributed by atoms with E-state index in [1.807, 2.05) is 6.07 Å². The van der Waals surface area contributed by atoms with E-state index in [0.717, 1.165) is 6.07 Å². The molecule has 0 saturated carbocycles. The Labute approximate surface area is 144 Å². The standard InChI is InChI=1S/C16H8ClF3N4O/c17-11-4-10(5-14(6-11)25-16(18,19)20)15-7-12(8-21)23-24(15)13-2-1-3-22-9-13/h1-7,9H. The van der Waals surface area contributed by atoms with Gasteiger partial charge in [0.15, 0.2) is 5.69 Å². The Morgan fingerprint density at radius 1 is 1.20 bits per heavy atom. The molecule has 0 aliphatic rings. The van der Waals surface area contributed by atoms with Crippen LogP contribution in [0.3, 0.4) is 0 Å². The van der Waals surface area contributed by atoms with E-state index in [0.29, 0.717) is 16.9 Å². The van der Waals surface area contributed by atoms with Crippen LogP contribution in [0, 0.1) is 11.3 Å². The summed E-state index contributed by atoms with van der Waals surface area (Å²) in [7, 11) is 0. The molecule has 2 heterocycles. The van der Waals surface area contributed by atoms with Gasteiger partial charge in [0, 0.05) is 22.8 Å². The lowest BCUT2D eigenvalue weighted by atomic mass is 10.1. The van der Waals surface area contributed by atoms with Crippen molar-refractivity contribution in [3.05, 3.63) is 59.5 Å². The topological polar surface area (TPSA) is 63.7 Å². The van der Waals surface area contributed by atoms with Gasteiger partial charge in [-0.05, 0) is 30.3 Å². The number of nitriles is 1. The van der Waals surface area contributed by atoms with Crippen LogP contribution < -0.4 is 4.74 Å². The van der Waals surface area contributed by atoms with Gasteiger partial charge in [-0.1, -0.05) is 11.6 Å². The normalized spacial score (nSPS) is 11.2. The molecule has 0 fully saturated rings. The van der Waals surface area contributed by atoms with Crippen molar-refractivity contribution in [1.29, 1.82) is 5.26 Å². The molecule has 0 aliphatic heterocycles. The average Bonchev–Trinajstić information content (AvgIpc) is 2.98. The van der Waals surface area contributed by atoms with Gasteiger partial charge in [-0.25, -0.2) is 4.68 Å². The molecular formula is C16H8ClF3N4O. The second kappa shape index (κ2) is 6.45. The van der Waals surface area contributed by atoms with E-state index in [1.165, 1.54) is 29.1 Å². The van der Waals surface area contributed by atoms with Crippen LogP contribution in [0.4, 0.5) is 13.2 Å². The fourth-order valence-corrected chi connectivity index (χ4v) is 2.45. The quantitative estimate of drug-likeness (QED) is 0.692.